The number of rotatable bonds is 6. The maximum absolute atomic E-state index is 13.8. The Morgan fingerprint density at radius 2 is 1.50 bits per heavy atom. The first-order valence-electron chi connectivity index (χ1n) is 12.8. The highest BCUT2D eigenvalue weighted by Gasteiger charge is 2.48. The number of sulfonamides is 1. The molecular weight excluding hydrogens is 500 g/mol. The average molecular weight is 533 g/mol. The molecular formula is C29H32N4O4S. The normalized spacial score (nSPS) is 18.3. The third-order valence-corrected chi connectivity index (χ3v) is 9.04. The van der Waals surface area contributed by atoms with Crippen LogP contribution >= 0.6 is 0 Å². The van der Waals surface area contributed by atoms with Crippen LogP contribution in [0.25, 0.3) is 0 Å². The number of anilines is 1. The molecule has 0 unspecified atom stereocenters. The molecule has 0 N–H and O–H groups in total. The lowest BCUT2D eigenvalue weighted by Crippen LogP contribution is -2.54. The Morgan fingerprint density at radius 1 is 0.868 bits per heavy atom. The average Bonchev–Trinajstić information content (AvgIpc) is 3.27. The van der Waals surface area contributed by atoms with Crippen molar-refractivity contribution >= 4 is 27.6 Å². The van der Waals surface area contributed by atoms with Gasteiger partial charge in [0, 0.05) is 38.4 Å². The van der Waals surface area contributed by atoms with Crippen LogP contribution in [0.4, 0.5) is 10.5 Å². The third-order valence-electron chi connectivity index (χ3n) is 7.28. The maximum Gasteiger partial charge on any atom is 0.335 e. The van der Waals surface area contributed by atoms with Crippen LogP contribution in [-0.2, 0) is 21.4 Å². The fourth-order valence-electron chi connectivity index (χ4n) is 5.14. The molecule has 8 nitrogen and oxygen atoms in total. The Balaban J connectivity index is 1.37. The number of urea groups is 1. The monoisotopic (exact) mass is 532 g/mol. The molecule has 0 saturated carbocycles. The summed E-state index contributed by atoms with van der Waals surface area (Å²) in [5.74, 6) is -0.222. The van der Waals surface area contributed by atoms with Crippen LogP contribution in [0.15, 0.2) is 83.8 Å². The molecule has 1 atom stereocenters. The summed E-state index contributed by atoms with van der Waals surface area (Å²) in [6.45, 7) is 6.43. The minimum Gasteiger partial charge on any atom is -0.368 e. The Morgan fingerprint density at radius 3 is 2.16 bits per heavy atom. The van der Waals surface area contributed by atoms with E-state index in [1.54, 1.807) is 23.1 Å². The van der Waals surface area contributed by atoms with Crippen molar-refractivity contribution in [3.8, 4) is 0 Å². The van der Waals surface area contributed by atoms with Gasteiger partial charge in [-0.1, -0.05) is 60.7 Å². The Bertz CT molecular complexity index is 1420. The van der Waals surface area contributed by atoms with Gasteiger partial charge < -0.3 is 14.7 Å². The van der Waals surface area contributed by atoms with Crippen LogP contribution in [0, 0.1) is 13.8 Å². The number of hydrogen-bond donors (Lipinski definition) is 0. The topological polar surface area (TPSA) is 81.2 Å². The van der Waals surface area contributed by atoms with E-state index in [0.29, 0.717) is 26.2 Å². The molecule has 0 aromatic heterocycles. The third kappa shape index (κ3) is 4.98. The maximum atomic E-state index is 13.8. The molecule has 2 heterocycles. The zero-order valence-electron chi connectivity index (χ0n) is 21.7. The molecule has 0 radical (unpaired) electrons. The molecule has 0 aliphatic carbocycles. The molecule has 0 spiro atoms. The van der Waals surface area contributed by atoms with Crippen LogP contribution in [0.3, 0.4) is 0 Å². The lowest BCUT2D eigenvalue weighted by atomic mass is 10.1. The summed E-state index contributed by atoms with van der Waals surface area (Å²) >= 11 is 0. The molecule has 2 aliphatic rings. The second-order valence-corrected chi connectivity index (χ2v) is 11.7. The fourth-order valence-corrected chi connectivity index (χ4v) is 6.54. The van der Waals surface area contributed by atoms with Gasteiger partial charge in [-0.05, 0) is 48.7 Å². The molecule has 5 rings (SSSR count). The van der Waals surface area contributed by atoms with Gasteiger partial charge in [0.25, 0.3) is 10.0 Å². The Kier molecular flexibility index (Phi) is 7.12. The first kappa shape index (κ1) is 25.8. The summed E-state index contributed by atoms with van der Waals surface area (Å²) < 4.78 is 27.6. The second-order valence-electron chi connectivity index (χ2n) is 9.86. The summed E-state index contributed by atoms with van der Waals surface area (Å²) in [5.41, 5.74) is 4.37. The lowest BCUT2D eigenvalue weighted by molar-refractivity contribution is -0.135. The van der Waals surface area contributed by atoms with E-state index in [-0.39, 0.29) is 23.9 Å². The van der Waals surface area contributed by atoms with Crippen molar-refractivity contribution in [2.45, 2.75) is 31.3 Å². The first-order chi connectivity index (χ1) is 18.3. The molecule has 2 aliphatic heterocycles. The van der Waals surface area contributed by atoms with Crippen LogP contribution in [0.1, 0.15) is 16.7 Å². The van der Waals surface area contributed by atoms with E-state index in [1.807, 2.05) is 30.3 Å². The van der Waals surface area contributed by atoms with E-state index in [1.165, 1.54) is 33.8 Å². The Hall–Kier alpha value is -3.85. The number of hydrogen-bond acceptors (Lipinski definition) is 5. The van der Waals surface area contributed by atoms with Crippen molar-refractivity contribution in [2.75, 3.05) is 37.6 Å². The largest absolute Gasteiger partial charge is 0.368 e. The van der Waals surface area contributed by atoms with Crippen LogP contribution in [0.2, 0.25) is 0 Å². The highest BCUT2D eigenvalue weighted by Crippen LogP contribution is 2.28. The highest BCUT2D eigenvalue weighted by atomic mass is 32.2. The number of piperazine rings is 1. The van der Waals surface area contributed by atoms with Gasteiger partial charge in [-0.3, -0.25) is 4.79 Å². The van der Waals surface area contributed by atoms with E-state index >= 15 is 0 Å². The van der Waals surface area contributed by atoms with Gasteiger partial charge in [0.05, 0.1) is 11.4 Å². The van der Waals surface area contributed by atoms with Crippen molar-refractivity contribution in [3.63, 3.8) is 0 Å². The molecule has 3 amide bonds. The quantitative estimate of drug-likeness (QED) is 0.484. The van der Waals surface area contributed by atoms with Crippen molar-refractivity contribution in [1.29, 1.82) is 0 Å². The van der Waals surface area contributed by atoms with Crippen LogP contribution < -0.4 is 4.90 Å². The summed E-state index contributed by atoms with van der Waals surface area (Å²) in [7, 11) is -4.10. The molecule has 2 saturated heterocycles. The van der Waals surface area contributed by atoms with Crippen molar-refractivity contribution < 1.29 is 18.0 Å². The number of amides is 3. The molecule has 2 fully saturated rings. The summed E-state index contributed by atoms with van der Waals surface area (Å²) in [5, 5.41) is 0. The van der Waals surface area contributed by atoms with Crippen molar-refractivity contribution in [2.24, 2.45) is 0 Å². The van der Waals surface area contributed by atoms with Gasteiger partial charge in [-0.25, -0.2) is 17.5 Å². The molecule has 198 valence electrons. The van der Waals surface area contributed by atoms with E-state index in [2.05, 4.69) is 36.9 Å². The number of nitrogens with zero attached hydrogens (tertiary/aromatic N) is 4. The smallest absolute Gasteiger partial charge is 0.335 e. The lowest BCUT2D eigenvalue weighted by Gasteiger charge is -2.38. The minimum absolute atomic E-state index is 0.0308. The van der Waals surface area contributed by atoms with E-state index in [0.717, 1.165) is 9.87 Å². The van der Waals surface area contributed by atoms with E-state index in [4.69, 9.17) is 0 Å². The number of benzene rings is 3. The van der Waals surface area contributed by atoms with Gasteiger partial charge >= 0.3 is 6.03 Å². The van der Waals surface area contributed by atoms with Crippen LogP contribution in [0.5, 0.6) is 0 Å². The van der Waals surface area contributed by atoms with Crippen LogP contribution in [-0.4, -0.2) is 73.2 Å². The van der Waals surface area contributed by atoms with Gasteiger partial charge in [0.2, 0.25) is 5.91 Å². The predicted octanol–water partition coefficient (Wildman–Crippen LogP) is 3.65. The zero-order chi connectivity index (χ0) is 26.9. The van der Waals surface area contributed by atoms with Gasteiger partial charge in [0.15, 0.2) is 0 Å². The second kappa shape index (κ2) is 10.5. The van der Waals surface area contributed by atoms with Gasteiger partial charge in [0.1, 0.15) is 6.04 Å². The van der Waals surface area contributed by atoms with E-state index in [9.17, 15) is 18.0 Å². The standard InChI is InChI=1S/C29H32N4O4S/c1-22-13-14-23(2)26(19-22)30-15-17-31(18-16-30)28(34)27-21-33(38(36,37)25-11-7-4-8-12-25)29(35)32(27)20-24-9-5-3-6-10-24/h3-14,19,27H,15-18,20-21H2,1-2H3/t27-/m0/s1. The van der Waals surface area contributed by atoms with Gasteiger partial charge in [-0.15, -0.1) is 0 Å². The minimum atomic E-state index is -4.10. The summed E-state index contributed by atoms with van der Waals surface area (Å²) in [4.78, 5) is 32.8. The zero-order valence-corrected chi connectivity index (χ0v) is 22.5. The molecule has 38 heavy (non-hydrogen) atoms. The SMILES string of the molecule is Cc1ccc(C)c(N2CCN(C(=O)[C@@H]3CN(S(=O)(=O)c4ccccc4)C(=O)N3Cc3ccccc3)CC2)c1. The number of carbonyl (C=O) groups is 2. The first-order valence-corrected chi connectivity index (χ1v) is 14.2. The molecule has 3 aromatic rings. The molecule has 3 aromatic carbocycles. The Labute approximate surface area is 224 Å². The molecule has 9 heteroatoms. The van der Waals surface area contributed by atoms with Gasteiger partial charge in [-0.2, -0.15) is 0 Å². The summed E-state index contributed by atoms with van der Waals surface area (Å²) in [6, 6.07) is 22.0. The number of aryl methyl sites for hydroxylation is 2. The summed E-state index contributed by atoms with van der Waals surface area (Å²) in [6.07, 6.45) is 0. The van der Waals surface area contributed by atoms with Crippen molar-refractivity contribution in [1.82, 2.24) is 14.1 Å². The predicted molar refractivity (Wildman–Crippen MR) is 146 cm³/mol. The number of carbonyl (C=O) groups excluding carboxylic acids is 2. The van der Waals surface area contributed by atoms with Crippen molar-refractivity contribution in [3.05, 3.63) is 95.6 Å². The molecule has 0 bridgehead atoms. The van der Waals surface area contributed by atoms with E-state index < -0.39 is 22.1 Å². The fraction of sp³-hybridized carbons (Fsp3) is 0.310. The highest BCUT2D eigenvalue weighted by molar-refractivity contribution is 7.89.